The number of para-hydroxylation sites is 2. The fourth-order valence-electron chi connectivity index (χ4n) is 2.32. The second-order valence-electron chi connectivity index (χ2n) is 5.90. The SMILES string of the molecule is N#Cc1c(Oc2ccccc2OS(=O)(=O)CCCC(F)(F)F)cccc1C(F)(F)F. The summed E-state index contributed by atoms with van der Waals surface area (Å²) < 4.78 is 110. The van der Waals surface area contributed by atoms with Crippen LogP contribution in [0.3, 0.4) is 0 Å². The molecule has 0 amide bonds. The number of halogens is 6. The van der Waals surface area contributed by atoms with Crippen molar-refractivity contribution in [2.24, 2.45) is 0 Å². The highest BCUT2D eigenvalue weighted by Crippen LogP contribution is 2.39. The summed E-state index contributed by atoms with van der Waals surface area (Å²) in [5.74, 6) is -2.23. The highest BCUT2D eigenvalue weighted by atomic mass is 32.2. The van der Waals surface area contributed by atoms with Crippen molar-refractivity contribution in [2.45, 2.75) is 25.2 Å². The Bertz CT molecular complexity index is 1040. The van der Waals surface area contributed by atoms with Gasteiger partial charge in [0.15, 0.2) is 11.5 Å². The summed E-state index contributed by atoms with van der Waals surface area (Å²) in [5, 5.41) is 9.11. The van der Waals surface area contributed by atoms with E-state index in [1.54, 1.807) is 0 Å². The average Bonchev–Trinajstić information content (AvgIpc) is 2.60. The van der Waals surface area contributed by atoms with E-state index in [-0.39, 0.29) is 5.75 Å². The first-order valence-corrected chi connectivity index (χ1v) is 9.76. The molecule has 162 valence electrons. The van der Waals surface area contributed by atoms with Gasteiger partial charge in [-0.15, -0.1) is 0 Å². The number of nitrogens with zero attached hydrogens (tertiary/aromatic N) is 1. The number of alkyl halides is 6. The first-order chi connectivity index (χ1) is 13.8. The Kier molecular flexibility index (Phi) is 6.87. The van der Waals surface area contributed by atoms with Gasteiger partial charge in [0.1, 0.15) is 17.4 Å². The zero-order valence-electron chi connectivity index (χ0n) is 14.9. The number of hydrogen-bond acceptors (Lipinski definition) is 5. The lowest BCUT2D eigenvalue weighted by Crippen LogP contribution is -2.17. The Morgan fingerprint density at radius 2 is 1.50 bits per heavy atom. The molecule has 0 aliphatic rings. The van der Waals surface area contributed by atoms with Gasteiger partial charge in [0.05, 0.1) is 11.3 Å². The molecule has 0 radical (unpaired) electrons. The van der Waals surface area contributed by atoms with Crippen LogP contribution in [0.15, 0.2) is 42.5 Å². The maximum Gasteiger partial charge on any atom is 0.417 e. The molecule has 12 heteroatoms. The van der Waals surface area contributed by atoms with Gasteiger partial charge < -0.3 is 8.92 Å². The predicted octanol–water partition coefficient (Wildman–Crippen LogP) is 5.42. The standard InChI is InChI=1S/C18H13F6NO4S/c19-17(20,21)9-4-10-30(26,27)29-16-7-2-1-6-15(16)28-14-8-3-5-13(12(14)11-25)18(22,23)24/h1-3,5-8H,4,9-10H2. The van der Waals surface area contributed by atoms with Crippen molar-refractivity contribution >= 4 is 10.1 Å². The topological polar surface area (TPSA) is 76.4 Å². The maximum absolute atomic E-state index is 13.1. The molecular weight excluding hydrogens is 440 g/mol. The van der Waals surface area contributed by atoms with Gasteiger partial charge in [-0.2, -0.15) is 40.0 Å². The second kappa shape index (κ2) is 8.83. The number of rotatable bonds is 7. The highest BCUT2D eigenvalue weighted by Gasteiger charge is 2.35. The smallest absolute Gasteiger partial charge is 0.417 e. The average molecular weight is 453 g/mol. The molecule has 0 saturated heterocycles. The summed E-state index contributed by atoms with van der Waals surface area (Å²) in [6, 6.07) is 9.10. The van der Waals surface area contributed by atoms with E-state index < -0.39 is 63.7 Å². The molecule has 0 aliphatic heterocycles. The summed E-state index contributed by atoms with van der Waals surface area (Å²) in [5.41, 5.74) is -2.08. The van der Waals surface area contributed by atoms with E-state index in [4.69, 9.17) is 14.2 Å². The second-order valence-corrected chi connectivity index (χ2v) is 7.59. The number of hydrogen-bond donors (Lipinski definition) is 0. The minimum atomic E-state index is -4.83. The van der Waals surface area contributed by atoms with Crippen LogP contribution in [0.5, 0.6) is 17.2 Å². The molecular formula is C18H13F6NO4S. The molecule has 0 aliphatic carbocycles. The van der Waals surface area contributed by atoms with Crippen molar-refractivity contribution in [2.75, 3.05) is 5.75 Å². The molecule has 0 unspecified atom stereocenters. The van der Waals surface area contributed by atoms with Crippen LogP contribution in [0, 0.1) is 11.3 Å². The van der Waals surface area contributed by atoms with Gasteiger partial charge >= 0.3 is 22.5 Å². The molecule has 0 fully saturated rings. The lowest BCUT2D eigenvalue weighted by Gasteiger charge is -2.15. The van der Waals surface area contributed by atoms with Crippen molar-refractivity contribution in [1.82, 2.24) is 0 Å². The Labute approximate surface area is 167 Å². The van der Waals surface area contributed by atoms with Crippen LogP contribution in [-0.2, 0) is 16.3 Å². The Hall–Kier alpha value is -2.94. The largest absolute Gasteiger partial charge is 0.452 e. The molecule has 0 spiro atoms. The Balaban J connectivity index is 2.28. The van der Waals surface area contributed by atoms with Crippen LogP contribution in [0.2, 0.25) is 0 Å². The lowest BCUT2D eigenvalue weighted by atomic mass is 10.1. The molecule has 5 nitrogen and oxygen atoms in total. The molecule has 0 bridgehead atoms. The molecule has 2 rings (SSSR count). The molecule has 2 aromatic carbocycles. The van der Waals surface area contributed by atoms with Gasteiger partial charge in [0.25, 0.3) is 0 Å². The molecule has 0 atom stereocenters. The van der Waals surface area contributed by atoms with Crippen LogP contribution in [-0.4, -0.2) is 20.3 Å². The highest BCUT2D eigenvalue weighted by molar-refractivity contribution is 7.87. The zero-order chi connectivity index (χ0) is 22.6. The van der Waals surface area contributed by atoms with Crippen LogP contribution in [0.1, 0.15) is 24.0 Å². The normalized spacial score (nSPS) is 12.3. The third-order valence-electron chi connectivity index (χ3n) is 3.58. The van der Waals surface area contributed by atoms with E-state index in [0.29, 0.717) is 6.07 Å². The number of benzene rings is 2. The molecule has 30 heavy (non-hydrogen) atoms. The Morgan fingerprint density at radius 1 is 0.900 bits per heavy atom. The van der Waals surface area contributed by atoms with Crippen molar-refractivity contribution in [3.8, 4) is 23.3 Å². The first-order valence-electron chi connectivity index (χ1n) is 8.18. The molecule has 2 aromatic rings. The van der Waals surface area contributed by atoms with E-state index in [1.807, 2.05) is 0 Å². The quantitative estimate of drug-likeness (QED) is 0.413. The number of nitriles is 1. The molecule has 0 N–H and O–H groups in total. The van der Waals surface area contributed by atoms with Crippen LogP contribution >= 0.6 is 0 Å². The fourth-order valence-corrected chi connectivity index (χ4v) is 3.31. The molecule has 0 heterocycles. The van der Waals surface area contributed by atoms with Gasteiger partial charge in [-0.25, -0.2) is 0 Å². The molecule has 0 aromatic heterocycles. The summed E-state index contributed by atoms with van der Waals surface area (Å²) in [6.07, 6.45) is -11.4. The van der Waals surface area contributed by atoms with E-state index in [0.717, 1.165) is 18.2 Å². The number of ether oxygens (including phenoxy) is 1. The van der Waals surface area contributed by atoms with E-state index in [1.165, 1.54) is 24.3 Å². The first kappa shape index (κ1) is 23.3. The van der Waals surface area contributed by atoms with Crippen molar-refractivity contribution < 1.29 is 43.7 Å². The minimum absolute atomic E-state index is 0.340. The molecule has 0 saturated carbocycles. The van der Waals surface area contributed by atoms with Gasteiger partial charge in [-0.3, -0.25) is 0 Å². The maximum atomic E-state index is 13.1. The van der Waals surface area contributed by atoms with E-state index in [9.17, 15) is 34.8 Å². The van der Waals surface area contributed by atoms with Gasteiger partial charge in [-0.1, -0.05) is 18.2 Å². The zero-order valence-corrected chi connectivity index (χ0v) is 15.7. The minimum Gasteiger partial charge on any atom is -0.452 e. The summed E-state index contributed by atoms with van der Waals surface area (Å²) in [7, 11) is -4.44. The Morgan fingerprint density at radius 3 is 2.07 bits per heavy atom. The van der Waals surface area contributed by atoms with Crippen LogP contribution < -0.4 is 8.92 Å². The van der Waals surface area contributed by atoms with Crippen LogP contribution in [0.25, 0.3) is 0 Å². The lowest BCUT2D eigenvalue weighted by molar-refractivity contribution is -0.138. The summed E-state index contributed by atoms with van der Waals surface area (Å²) >= 11 is 0. The predicted molar refractivity (Wildman–Crippen MR) is 92.4 cm³/mol. The summed E-state index contributed by atoms with van der Waals surface area (Å²) in [6.45, 7) is 0. The van der Waals surface area contributed by atoms with Crippen molar-refractivity contribution in [1.29, 1.82) is 5.26 Å². The van der Waals surface area contributed by atoms with E-state index in [2.05, 4.69) is 0 Å². The van der Waals surface area contributed by atoms with Gasteiger partial charge in [0.2, 0.25) is 0 Å². The fraction of sp³-hybridized carbons (Fsp3) is 0.278. The third-order valence-corrected chi connectivity index (χ3v) is 4.81. The van der Waals surface area contributed by atoms with Crippen molar-refractivity contribution in [3.63, 3.8) is 0 Å². The third kappa shape index (κ3) is 6.55. The van der Waals surface area contributed by atoms with Gasteiger partial charge in [0, 0.05) is 6.42 Å². The van der Waals surface area contributed by atoms with E-state index >= 15 is 0 Å². The van der Waals surface area contributed by atoms with Crippen LogP contribution in [0.4, 0.5) is 26.3 Å². The summed E-state index contributed by atoms with van der Waals surface area (Å²) in [4.78, 5) is 0. The monoisotopic (exact) mass is 453 g/mol. The van der Waals surface area contributed by atoms with Gasteiger partial charge in [-0.05, 0) is 30.7 Å². The van der Waals surface area contributed by atoms with Crippen molar-refractivity contribution in [3.05, 3.63) is 53.6 Å².